The maximum absolute atomic E-state index is 16.3. The van der Waals surface area contributed by atoms with Gasteiger partial charge >= 0.3 is 6.09 Å². The van der Waals surface area contributed by atoms with E-state index in [1.165, 1.54) is 19.1 Å². The normalized spacial score (nSPS) is 13.6. The van der Waals surface area contributed by atoms with Crippen LogP contribution in [-0.2, 0) is 36.5 Å². The van der Waals surface area contributed by atoms with Crippen LogP contribution in [0.4, 0.5) is 4.79 Å². The molecule has 14 nitrogen and oxygen atoms in total. The third-order valence-corrected chi connectivity index (χ3v) is 18.5. The largest absolute Gasteiger partial charge is 0.493 e. The number of hydrogen-bond donors (Lipinski definition) is 2. The van der Waals surface area contributed by atoms with Crippen LogP contribution in [0, 0.1) is 17.4 Å². The first-order valence-electron chi connectivity index (χ1n) is 23.6. The molecule has 1 heterocycles. The predicted octanol–water partition coefficient (Wildman–Crippen LogP) is 8.92. The molecule has 5 aromatic carbocycles. The van der Waals surface area contributed by atoms with Crippen molar-refractivity contribution in [3.8, 4) is 28.7 Å². The van der Waals surface area contributed by atoms with E-state index >= 15 is 4.79 Å². The molecule has 2 N–H and O–H groups in total. The molecule has 0 saturated carbocycles. The summed E-state index contributed by atoms with van der Waals surface area (Å²) < 4.78 is 50.5. The Morgan fingerprint density at radius 1 is 0.817 bits per heavy atom. The van der Waals surface area contributed by atoms with E-state index in [2.05, 4.69) is 78.3 Å². The number of aryl methyl sites for hydroxylation is 1. The number of benzene rings is 5. The van der Waals surface area contributed by atoms with Crippen molar-refractivity contribution in [3.05, 3.63) is 135 Å². The van der Waals surface area contributed by atoms with Crippen LogP contribution in [0.15, 0.2) is 103 Å². The molecule has 0 bridgehead atoms. The zero-order chi connectivity index (χ0) is 51.7. The summed E-state index contributed by atoms with van der Waals surface area (Å²) >= 11 is 2.20. The fraction of sp³-hybridized carbons (Fsp3) is 0.400. The number of alkyl carbamates (subject to hydrolysis) is 1. The Morgan fingerprint density at radius 3 is 1.96 bits per heavy atom. The van der Waals surface area contributed by atoms with Crippen LogP contribution in [0.2, 0.25) is 5.04 Å². The number of amides is 3. The van der Waals surface area contributed by atoms with Crippen LogP contribution < -0.4 is 44.7 Å². The van der Waals surface area contributed by atoms with Crippen molar-refractivity contribution in [3.63, 3.8) is 0 Å². The average molecular weight is 1100 g/mol. The molecule has 1 aliphatic rings. The highest BCUT2D eigenvalue weighted by atomic mass is 127. The van der Waals surface area contributed by atoms with Gasteiger partial charge in [-0.2, -0.15) is 0 Å². The van der Waals surface area contributed by atoms with Gasteiger partial charge in [-0.1, -0.05) is 118 Å². The maximum atomic E-state index is 16.3. The van der Waals surface area contributed by atoms with Gasteiger partial charge in [0.1, 0.15) is 30.0 Å². The number of nitrogens with one attached hydrogen (secondary N) is 2. The average Bonchev–Trinajstić information content (AvgIpc) is 3.84. The first-order valence-corrected chi connectivity index (χ1v) is 26.6. The zero-order valence-electron chi connectivity index (χ0n) is 42.9. The second-order valence-electron chi connectivity index (χ2n) is 19.4. The number of methoxy groups -OCH3 is 2. The minimum atomic E-state index is -3.35. The topological polar surface area (TPSA) is 152 Å². The summed E-state index contributed by atoms with van der Waals surface area (Å²) in [7, 11) is 1.28. The highest BCUT2D eigenvalue weighted by Crippen LogP contribution is 2.48. The molecule has 1 aliphatic heterocycles. The minimum Gasteiger partial charge on any atom is -0.493 e. The summed E-state index contributed by atoms with van der Waals surface area (Å²) in [6, 6.07) is 30.2. The first kappa shape index (κ1) is 54.5. The molecule has 380 valence electrons. The van der Waals surface area contributed by atoms with Crippen LogP contribution in [-0.4, -0.2) is 90.3 Å². The van der Waals surface area contributed by atoms with Crippen molar-refractivity contribution in [2.75, 3.05) is 41.5 Å². The van der Waals surface area contributed by atoms with Crippen molar-refractivity contribution in [2.24, 2.45) is 0 Å². The number of likely N-dealkylation sites (N-methyl/N-ethyl adjacent to an activating group) is 1. The molecular weight excluding hydrogens is 1030 g/mol. The lowest BCUT2D eigenvalue weighted by Crippen LogP contribution is -2.67. The SMILES string of the molecule is CNC(=O)C(C)N(C(=O)[C@H](Cc1cc(C)c(OC)c(OCc2ccccc2)c1I)NC(=O)OC(C)(C)C)[C@@H](CO[Si](c1ccccc1)(c1ccccc1)C(C)(C)C)c1cc(OCOC)c(C)c2c1OCO2. The van der Waals surface area contributed by atoms with Crippen molar-refractivity contribution >= 4 is 59.2 Å². The molecule has 6 rings (SSSR count). The zero-order valence-corrected chi connectivity index (χ0v) is 46.1. The highest BCUT2D eigenvalue weighted by molar-refractivity contribution is 14.1. The number of fused-ring (bicyclic) bond motifs is 1. The van der Waals surface area contributed by atoms with Crippen molar-refractivity contribution in [1.29, 1.82) is 0 Å². The summed E-state index contributed by atoms with van der Waals surface area (Å²) in [6.07, 6.45) is -0.872. The lowest BCUT2D eigenvalue weighted by atomic mass is 9.96. The molecule has 16 heteroatoms. The van der Waals surface area contributed by atoms with Crippen molar-refractivity contribution < 1.29 is 52.0 Å². The number of carbonyl (C=O) groups excluding carboxylic acids is 3. The first-order chi connectivity index (χ1) is 33.8. The molecule has 3 amide bonds. The van der Waals surface area contributed by atoms with Gasteiger partial charge in [-0.05, 0) is 102 Å². The fourth-order valence-corrected chi connectivity index (χ4v) is 14.4. The summed E-state index contributed by atoms with van der Waals surface area (Å²) in [5.41, 5.74) is 2.57. The number of halogens is 1. The monoisotopic (exact) mass is 1100 g/mol. The lowest BCUT2D eigenvalue weighted by molar-refractivity contribution is -0.145. The third kappa shape index (κ3) is 12.4. The Hall–Kier alpha value is -5.82. The summed E-state index contributed by atoms with van der Waals surface area (Å²) in [4.78, 5) is 46.1. The highest BCUT2D eigenvalue weighted by Gasteiger charge is 2.52. The van der Waals surface area contributed by atoms with E-state index in [0.29, 0.717) is 49.0 Å². The molecule has 0 saturated heterocycles. The second-order valence-corrected chi connectivity index (χ2v) is 24.8. The molecule has 0 fully saturated rings. The van der Waals surface area contributed by atoms with Gasteiger partial charge in [0.2, 0.25) is 18.6 Å². The van der Waals surface area contributed by atoms with Crippen molar-refractivity contribution in [1.82, 2.24) is 15.5 Å². The van der Waals surface area contributed by atoms with Gasteiger partial charge in [0.05, 0.1) is 23.3 Å². The molecular formula is C55H68IN3O11Si. The molecule has 0 aromatic heterocycles. The molecule has 5 aromatic rings. The van der Waals surface area contributed by atoms with Gasteiger partial charge < -0.3 is 53.1 Å². The maximum Gasteiger partial charge on any atom is 0.408 e. The van der Waals surface area contributed by atoms with E-state index in [1.807, 2.05) is 86.6 Å². The third-order valence-electron chi connectivity index (χ3n) is 12.4. The molecule has 71 heavy (non-hydrogen) atoms. The molecule has 3 atom stereocenters. The number of ether oxygens (including phenoxy) is 7. The van der Waals surface area contributed by atoms with E-state index in [0.717, 1.165) is 21.5 Å². The van der Waals surface area contributed by atoms with E-state index in [1.54, 1.807) is 40.9 Å². The van der Waals surface area contributed by atoms with Crippen LogP contribution in [0.3, 0.4) is 0 Å². The number of carbonyl (C=O) groups is 3. The van der Waals surface area contributed by atoms with Gasteiger partial charge in [0.15, 0.2) is 29.8 Å². The number of rotatable bonds is 20. The lowest BCUT2D eigenvalue weighted by Gasteiger charge is -2.45. The summed E-state index contributed by atoms with van der Waals surface area (Å²) in [5.74, 6) is 1.14. The van der Waals surface area contributed by atoms with E-state index in [-0.39, 0.29) is 33.2 Å². The van der Waals surface area contributed by atoms with Gasteiger partial charge in [-0.15, -0.1) is 0 Å². The Morgan fingerprint density at radius 2 is 1.41 bits per heavy atom. The van der Waals surface area contributed by atoms with Crippen LogP contribution in [0.25, 0.3) is 0 Å². The minimum absolute atomic E-state index is 0.0457. The van der Waals surface area contributed by atoms with E-state index in [9.17, 15) is 9.59 Å². The number of nitrogens with zero attached hydrogens (tertiary/aromatic N) is 1. The second kappa shape index (κ2) is 23.6. The van der Waals surface area contributed by atoms with E-state index < -0.39 is 55.0 Å². The van der Waals surface area contributed by atoms with Crippen LogP contribution in [0.5, 0.6) is 28.7 Å². The fourth-order valence-electron chi connectivity index (χ4n) is 9.08. The molecule has 0 radical (unpaired) electrons. The summed E-state index contributed by atoms with van der Waals surface area (Å²) in [6.45, 7) is 17.1. The van der Waals surface area contributed by atoms with E-state index in [4.69, 9.17) is 37.6 Å². The quantitative estimate of drug-likeness (QED) is 0.0437. The van der Waals surface area contributed by atoms with Gasteiger partial charge in [-0.25, -0.2) is 4.79 Å². The van der Waals surface area contributed by atoms with Gasteiger partial charge in [0, 0.05) is 31.7 Å². The van der Waals surface area contributed by atoms with Gasteiger partial charge in [0.25, 0.3) is 8.32 Å². The van der Waals surface area contributed by atoms with Crippen molar-refractivity contribution in [2.45, 2.75) is 104 Å². The smallest absolute Gasteiger partial charge is 0.408 e. The molecule has 0 spiro atoms. The number of hydrogen-bond acceptors (Lipinski definition) is 11. The van der Waals surface area contributed by atoms with Crippen LogP contribution in [0.1, 0.15) is 82.3 Å². The Kier molecular flexibility index (Phi) is 18.1. The molecule has 1 unspecified atom stereocenters. The Bertz CT molecular complexity index is 2590. The Balaban J connectivity index is 1.60. The standard InChI is InChI=1S/C55H68IN3O11Si/c1-35-28-39(46(56)50(47(35)64-12)65-31-38-22-16-13-17-23-38)29-43(58-53(62)70-54(4,5)6)52(61)59(37(3)51(60)57-10)44(42-30-45(66-33-63-11)36(2)48-49(42)68-34-67-48)32-69-71(55(7,8)9,40-24-18-14-19-25-40)41-26-20-15-21-27-41/h13-28,30,37,43-44H,29,31-34H2,1-12H3,(H,57,60)(H,58,62)/t37?,43-,44-/m0/s1. The van der Waals surface area contributed by atoms with Gasteiger partial charge in [-0.3, -0.25) is 9.59 Å². The van der Waals surface area contributed by atoms with Crippen LogP contribution >= 0.6 is 22.6 Å². The molecule has 0 aliphatic carbocycles. The Labute approximate surface area is 433 Å². The summed E-state index contributed by atoms with van der Waals surface area (Å²) in [5, 5.41) is 7.24. The predicted molar refractivity (Wildman–Crippen MR) is 285 cm³/mol.